The fourth-order valence-electron chi connectivity index (χ4n) is 2.11. The van der Waals surface area contributed by atoms with Crippen molar-refractivity contribution in [2.24, 2.45) is 0 Å². The zero-order valence-corrected chi connectivity index (χ0v) is 8.28. The molecule has 2 rings (SSSR count). The maximum Gasteiger partial charge on any atom is 0.488 e. The molecule has 0 saturated carbocycles. The van der Waals surface area contributed by atoms with Gasteiger partial charge in [-0.15, -0.1) is 0 Å². The third-order valence-corrected chi connectivity index (χ3v) is 2.83. The minimum atomic E-state index is -1.60. The number of rotatable bonds is 2. The van der Waals surface area contributed by atoms with Crippen molar-refractivity contribution in [3.63, 3.8) is 0 Å². The molecule has 1 atom stereocenters. The molecule has 1 saturated heterocycles. The van der Waals surface area contributed by atoms with E-state index in [1.165, 1.54) is 12.1 Å². The summed E-state index contributed by atoms with van der Waals surface area (Å²) in [7, 11) is -1.60. The van der Waals surface area contributed by atoms with Gasteiger partial charge in [0.15, 0.2) is 0 Å². The van der Waals surface area contributed by atoms with Crippen molar-refractivity contribution in [3.05, 3.63) is 29.6 Å². The van der Waals surface area contributed by atoms with Gasteiger partial charge in [-0.25, -0.2) is 4.39 Å². The summed E-state index contributed by atoms with van der Waals surface area (Å²) < 4.78 is 13.6. The van der Waals surface area contributed by atoms with E-state index in [2.05, 4.69) is 5.32 Å². The number of benzene rings is 1. The van der Waals surface area contributed by atoms with Crippen molar-refractivity contribution < 1.29 is 14.4 Å². The monoisotopic (exact) mass is 209 g/mol. The highest BCUT2D eigenvalue weighted by Gasteiger charge is 2.26. The molecule has 80 valence electrons. The van der Waals surface area contributed by atoms with Crippen LogP contribution in [0.4, 0.5) is 4.39 Å². The lowest BCUT2D eigenvalue weighted by Crippen LogP contribution is -2.35. The molecule has 1 unspecified atom stereocenters. The largest absolute Gasteiger partial charge is 0.488 e. The van der Waals surface area contributed by atoms with Crippen LogP contribution in [0.15, 0.2) is 18.2 Å². The predicted molar refractivity (Wildman–Crippen MR) is 56.5 cm³/mol. The highest BCUT2D eigenvalue weighted by atomic mass is 19.1. The molecule has 0 amide bonds. The van der Waals surface area contributed by atoms with Crippen LogP contribution in [0.2, 0.25) is 0 Å². The number of nitrogens with one attached hydrogen (secondary N) is 1. The van der Waals surface area contributed by atoms with E-state index in [0.717, 1.165) is 13.0 Å². The van der Waals surface area contributed by atoms with E-state index < -0.39 is 7.12 Å². The molecule has 1 aliphatic heterocycles. The van der Waals surface area contributed by atoms with Gasteiger partial charge in [0, 0.05) is 12.5 Å². The first kappa shape index (κ1) is 10.6. The van der Waals surface area contributed by atoms with Gasteiger partial charge >= 0.3 is 7.12 Å². The van der Waals surface area contributed by atoms with Crippen LogP contribution in [-0.4, -0.2) is 30.3 Å². The van der Waals surface area contributed by atoms with Gasteiger partial charge in [0.2, 0.25) is 0 Å². The van der Waals surface area contributed by atoms with Crippen molar-refractivity contribution in [3.8, 4) is 0 Å². The molecule has 0 spiro atoms. The van der Waals surface area contributed by atoms with Crippen LogP contribution >= 0.6 is 0 Å². The standard InChI is InChI=1S/C10H13BFNO2/c12-9-3-1-2-8(11(14)15)10(9)7-4-5-13-6-7/h1-3,7,13-15H,4-6H2. The lowest BCUT2D eigenvalue weighted by molar-refractivity contribution is 0.424. The molecule has 15 heavy (non-hydrogen) atoms. The Labute approximate surface area is 88.1 Å². The van der Waals surface area contributed by atoms with E-state index in [1.54, 1.807) is 6.07 Å². The number of hydrogen-bond donors (Lipinski definition) is 3. The second kappa shape index (κ2) is 4.30. The third kappa shape index (κ3) is 2.04. The molecule has 1 aliphatic rings. The molecular formula is C10H13BFNO2. The van der Waals surface area contributed by atoms with Gasteiger partial charge in [-0.05, 0) is 30.1 Å². The predicted octanol–water partition coefficient (Wildman–Crippen LogP) is -0.418. The summed E-state index contributed by atoms with van der Waals surface area (Å²) in [6.45, 7) is 1.54. The van der Waals surface area contributed by atoms with Gasteiger partial charge in [0.1, 0.15) is 5.82 Å². The van der Waals surface area contributed by atoms with E-state index >= 15 is 0 Å². The average Bonchev–Trinajstić information content (AvgIpc) is 2.70. The lowest BCUT2D eigenvalue weighted by Gasteiger charge is -2.15. The fourth-order valence-corrected chi connectivity index (χ4v) is 2.11. The minimum absolute atomic E-state index is 0.0444. The summed E-state index contributed by atoms with van der Waals surface area (Å²) in [5.74, 6) is -0.308. The topological polar surface area (TPSA) is 52.5 Å². The summed E-state index contributed by atoms with van der Waals surface area (Å²) in [6, 6.07) is 4.41. The summed E-state index contributed by atoms with van der Waals surface area (Å²) >= 11 is 0. The number of halogens is 1. The van der Waals surface area contributed by atoms with Crippen LogP contribution in [0.1, 0.15) is 17.9 Å². The summed E-state index contributed by atoms with van der Waals surface area (Å²) in [6.07, 6.45) is 0.834. The average molecular weight is 209 g/mol. The zero-order chi connectivity index (χ0) is 10.8. The Morgan fingerprint density at radius 1 is 1.40 bits per heavy atom. The fraction of sp³-hybridized carbons (Fsp3) is 0.400. The van der Waals surface area contributed by atoms with Crippen LogP contribution in [0.25, 0.3) is 0 Å². The Bertz CT molecular complexity index is 353. The van der Waals surface area contributed by atoms with Gasteiger partial charge in [-0.1, -0.05) is 12.1 Å². The third-order valence-electron chi connectivity index (χ3n) is 2.83. The van der Waals surface area contributed by atoms with Crippen molar-refractivity contribution in [1.82, 2.24) is 5.32 Å². The molecule has 3 N–H and O–H groups in total. The Hall–Kier alpha value is -0.905. The van der Waals surface area contributed by atoms with E-state index in [-0.39, 0.29) is 17.2 Å². The molecule has 0 bridgehead atoms. The smallest absolute Gasteiger partial charge is 0.423 e. The second-order valence-electron chi connectivity index (χ2n) is 3.81. The van der Waals surface area contributed by atoms with Crippen LogP contribution in [0.5, 0.6) is 0 Å². The van der Waals surface area contributed by atoms with E-state index in [9.17, 15) is 4.39 Å². The quantitative estimate of drug-likeness (QED) is 0.580. The molecular weight excluding hydrogens is 196 g/mol. The Balaban J connectivity index is 2.41. The van der Waals surface area contributed by atoms with Gasteiger partial charge in [-0.3, -0.25) is 0 Å². The second-order valence-corrected chi connectivity index (χ2v) is 3.81. The molecule has 5 heteroatoms. The van der Waals surface area contributed by atoms with Crippen LogP contribution in [0, 0.1) is 5.82 Å². The highest BCUT2D eigenvalue weighted by Crippen LogP contribution is 2.23. The van der Waals surface area contributed by atoms with Gasteiger partial charge in [0.25, 0.3) is 0 Å². The van der Waals surface area contributed by atoms with E-state index in [1.807, 2.05) is 0 Å². The molecule has 3 nitrogen and oxygen atoms in total. The van der Waals surface area contributed by atoms with Crippen LogP contribution < -0.4 is 10.8 Å². The van der Waals surface area contributed by atoms with Crippen molar-refractivity contribution in [2.75, 3.05) is 13.1 Å². The maximum atomic E-state index is 13.6. The van der Waals surface area contributed by atoms with Gasteiger partial charge in [0.05, 0.1) is 0 Å². The Morgan fingerprint density at radius 2 is 2.20 bits per heavy atom. The summed E-state index contributed by atoms with van der Waals surface area (Å²) in [4.78, 5) is 0. The first-order chi connectivity index (χ1) is 7.20. The molecule has 1 aromatic rings. The number of hydrogen-bond acceptors (Lipinski definition) is 3. The maximum absolute atomic E-state index is 13.6. The minimum Gasteiger partial charge on any atom is -0.423 e. The van der Waals surface area contributed by atoms with Crippen LogP contribution in [0.3, 0.4) is 0 Å². The van der Waals surface area contributed by atoms with Gasteiger partial charge < -0.3 is 15.4 Å². The Kier molecular flexibility index (Phi) is 3.04. The molecule has 1 heterocycles. The SMILES string of the molecule is OB(O)c1cccc(F)c1C1CCNC1. The zero-order valence-electron chi connectivity index (χ0n) is 8.28. The van der Waals surface area contributed by atoms with E-state index in [0.29, 0.717) is 12.1 Å². The van der Waals surface area contributed by atoms with Crippen molar-refractivity contribution in [1.29, 1.82) is 0 Å². The summed E-state index contributed by atoms with van der Waals surface area (Å²) in [5.41, 5.74) is 0.723. The molecule has 0 radical (unpaired) electrons. The first-order valence-electron chi connectivity index (χ1n) is 5.05. The Morgan fingerprint density at radius 3 is 2.80 bits per heavy atom. The summed E-state index contributed by atoms with van der Waals surface area (Å²) in [5, 5.41) is 21.4. The van der Waals surface area contributed by atoms with Crippen LogP contribution in [-0.2, 0) is 0 Å². The molecule has 1 aromatic carbocycles. The normalized spacial score (nSPS) is 20.6. The first-order valence-corrected chi connectivity index (χ1v) is 5.05. The van der Waals surface area contributed by atoms with Gasteiger partial charge in [-0.2, -0.15) is 0 Å². The molecule has 0 aromatic heterocycles. The molecule has 0 aliphatic carbocycles. The highest BCUT2D eigenvalue weighted by molar-refractivity contribution is 6.59. The van der Waals surface area contributed by atoms with E-state index in [4.69, 9.17) is 10.0 Å². The van der Waals surface area contributed by atoms with Crippen molar-refractivity contribution in [2.45, 2.75) is 12.3 Å². The van der Waals surface area contributed by atoms with Crippen molar-refractivity contribution >= 4 is 12.6 Å². The molecule has 1 fully saturated rings. The lowest BCUT2D eigenvalue weighted by atomic mass is 9.73.